The summed E-state index contributed by atoms with van der Waals surface area (Å²) in [5.74, 6) is -0.825. The summed E-state index contributed by atoms with van der Waals surface area (Å²) in [6, 6.07) is 7.76. The van der Waals surface area contributed by atoms with Gasteiger partial charge in [0.1, 0.15) is 5.75 Å². The lowest BCUT2D eigenvalue weighted by molar-refractivity contribution is -0.142. The summed E-state index contributed by atoms with van der Waals surface area (Å²) in [6.07, 6.45) is 0.366. The molecule has 2 aromatic rings. The Morgan fingerprint density at radius 3 is 2.60 bits per heavy atom. The number of ether oxygens (including phenoxy) is 2. The van der Waals surface area contributed by atoms with Crippen molar-refractivity contribution in [2.45, 2.75) is 26.7 Å². The smallest absolute Gasteiger partial charge is 0.310 e. The molecule has 25 heavy (non-hydrogen) atoms. The molecule has 0 aromatic heterocycles. The molecule has 0 aliphatic carbocycles. The Labute approximate surface area is 151 Å². The van der Waals surface area contributed by atoms with Crippen LogP contribution in [0.25, 0.3) is 4.85 Å². The molecule has 0 radical (unpaired) electrons. The van der Waals surface area contributed by atoms with E-state index in [4.69, 9.17) is 27.6 Å². The van der Waals surface area contributed by atoms with Crippen LogP contribution in [0.15, 0.2) is 30.3 Å². The molecule has 4 nitrogen and oxygen atoms in total. The highest BCUT2D eigenvalue weighted by Gasteiger charge is 2.18. The lowest BCUT2D eigenvalue weighted by Crippen LogP contribution is -2.10. The van der Waals surface area contributed by atoms with Gasteiger partial charge in [-0.1, -0.05) is 30.7 Å². The van der Waals surface area contributed by atoms with Gasteiger partial charge in [-0.15, -0.1) is 0 Å². The van der Waals surface area contributed by atoms with Crippen molar-refractivity contribution in [1.82, 2.24) is 0 Å². The van der Waals surface area contributed by atoms with Gasteiger partial charge in [0.25, 0.3) is 0 Å². The van der Waals surface area contributed by atoms with E-state index in [1.54, 1.807) is 19.1 Å². The van der Waals surface area contributed by atoms with Crippen molar-refractivity contribution in [2.24, 2.45) is 0 Å². The third-order valence-electron chi connectivity index (χ3n) is 3.48. The third kappa shape index (κ3) is 4.71. The number of hydrogen-bond acceptors (Lipinski definition) is 3. The van der Waals surface area contributed by atoms with Crippen molar-refractivity contribution in [2.75, 3.05) is 6.61 Å². The van der Waals surface area contributed by atoms with Crippen LogP contribution in [0.2, 0.25) is 5.02 Å². The topological polar surface area (TPSA) is 39.9 Å². The van der Waals surface area contributed by atoms with Crippen LogP contribution in [-0.2, 0) is 22.4 Å². The van der Waals surface area contributed by atoms with Crippen LogP contribution in [0.5, 0.6) is 11.5 Å². The minimum Gasteiger partial charge on any atom is -0.466 e. The van der Waals surface area contributed by atoms with Crippen LogP contribution >= 0.6 is 11.6 Å². The zero-order chi connectivity index (χ0) is 18.4. The first-order chi connectivity index (χ1) is 12.0. The predicted octanol–water partition coefficient (Wildman–Crippen LogP) is 5.49. The molecule has 0 aliphatic rings. The molecule has 2 rings (SSSR count). The number of carbonyl (C=O) groups excluding carboxylic acids is 1. The Morgan fingerprint density at radius 1 is 1.24 bits per heavy atom. The van der Waals surface area contributed by atoms with E-state index in [0.29, 0.717) is 22.7 Å². The predicted molar refractivity (Wildman–Crippen MR) is 93.9 cm³/mol. The van der Waals surface area contributed by atoms with E-state index in [-0.39, 0.29) is 30.1 Å². The lowest BCUT2D eigenvalue weighted by atomic mass is 10.0. The Hall–Kier alpha value is -2.58. The second-order valence-electron chi connectivity index (χ2n) is 5.22. The molecule has 0 aliphatic heterocycles. The monoisotopic (exact) mass is 361 g/mol. The fourth-order valence-corrected chi connectivity index (χ4v) is 2.54. The molecule has 0 heterocycles. The molecular weight excluding hydrogens is 345 g/mol. The van der Waals surface area contributed by atoms with Gasteiger partial charge < -0.3 is 9.47 Å². The van der Waals surface area contributed by atoms with Crippen LogP contribution < -0.4 is 4.74 Å². The average Bonchev–Trinajstić information content (AvgIpc) is 2.58. The molecule has 0 atom stereocenters. The summed E-state index contributed by atoms with van der Waals surface area (Å²) in [5.41, 5.74) is 1.14. The maximum atomic E-state index is 14.9. The van der Waals surface area contributed by atoms with Crippen LogP contribution in [0.1, 0.15) is 25.0 Å². The third-order valence-corrected chi connectivity index (χ3v) is 3.70. The van der Waals surface area contributed by atoms with Crippen molar-refractivity contribution in [3.8, 4) is 11.5 Å². The number of carbonyl (C=O) groups is 1. The molecule has 0 N–H and O–H groups in total. The van der Waals surface area contributed by atoms with Gasteiger partial charge in [-0.05, 0) is 37.1 Å². The molecule has 2 aromatic carbocycles. The quantitative estimate of drug-likeness (QED) is 0.504. The normalized spacial score (nSPS) is 10.2. The zero-order valence-corrected chi connectivity index (χ0v) is 14.7. The zero-order valence-electron chi connectivity index (χ0n) is 13.9. The van der Waals surface area contributed by atoms with Crippen molar-refractivity contribution < 1.29 is 18.7 Å². The average molecular weight is 362 g/mol. The molecule has 6 heteroatoms. The summed E-state index contributed by atoms with van der Waals surface area (Å²) >= 11 is 5.97. The Balaban J connectivity index is 2.40. The highest BCUT2D eigenvalue weighted by molar-refractivity contribution is 6.31. The van der Waals surface area contributed by atoms with Crippen LogP contribution in [-0.4, -0.2) is 12.6 Å². The summed E-state index contributed by atoms with van der Waals surface area (Å²) in [7, 11) is 0. The second-order valence-corrected chi connectivity index (χ2v) is 5.66. The van der Waals surface area contributed by atoms with E-state index in [1.165, 1.54) is 18.2 Å². The molecule has 0 saturated carbocycles. The van der Waals surface area contributed by atoms with E-state index in [2.05, 4.69) is 4.85 Å². The molecule has 0 saturated heterocycles. The van der Waals surface area contributed by atoms with Gasteiger partial charge in [-0.3, -0.25) is 4.79 Å². The number of hydrogen-bond donors (Lipinski definition) is 0. The molecule has 0 fully saturated rings. The van der Waals surface area contributed by atoms with E-state index in [0.717, 1.165) is 0 Å². The van der Waals surface area contributed by atoms with E-state index >= 15 is 0 Å². The SMILES string of the molecule is [C-]#[N+]c1cc(Cl)cc(Oc2c(CC)ccc(CC(=O)OCC)c2F)c1. The Bertz CT molecular complexity index is 830. The summed E-state index contributed by atoms with van der Waals surface area (Å²) < 4.78 is 25.4. The van der Waals surface area contributed by atoms with Gasteiger partial charge in [-0.2, -0.15) is 0 Å². The molecule has 0 amide bonds. The van der Waals surface area contributed by atoms with Gasteiger partial charge in [0.15, 0.2) is 17.3 Å². The van der Waals surface area contributed by atoms with Crippen molar-refractivity contribution in [3.05, 3.63) is 63.7 Å². The molecular formula is C19H17ClFNO3. The molecule has 0 bridgehead atoms. The van der Waals surface area contributed by atoms with Gasteiger partial charge in [0.2, 0.25) is 0 Å². The first kappa shape index (κ1) is 18.8. The van der Waals surface area contributed by atoms with Crippen LogP contribution in [0.4, 0.5) is 10.1 Å². The first-order valence-corrected chi connectivity index (χ1v) is 8.18. The van der Waals surface area contributed by atoms with Gasteiger partial charge in [0.05, 0.1) is 19.6 Å². The fourth-order valence-electron chi connectivity index (χ4n) is 2.32. The lowest BCUT2D eigenvalue weighted by Gasteiger charge is -2.14. The highest BCUT2D eigenvalue weighted by Crippen LogP contribution is 2.34. The Kier molecular flexibility index (Phi) is 6.37. The second kappa shape index (κ2) is 8.50. The number of aryl methyl sites for hydroxylation is 1. The minimum absolute atomic E-state index is 0.0301. The standard InChI is InChI=1S/C19H17ClFNO3/c1-4-12-6-7-13(8-17(23)24-5-2)18(21)19(12)25-16-10-14(20)9-15(11-16)22-3/h6-7,9-11H,4-5,8H2,1-2H3. The largest absolute Gasteiger partial charge is 0.466 e. The minimum atomic E-state index is -0.614. The van der Waals surface area contributed by atoms with Crippen LogP contribution in [0.3, 0.4) is 0 Å². The van der Waals surface area contributed by atoms with Crippen molar-refractivity contribution >= 4 is 23.3 Å². The van der Waals surface area contributed by atoms with Gasteiger partial charge in [0, 0.05) is 10.6 Å². The number of rotatable bonds is 6. The van der Waals surface area contributed by atoms with Crippen LogP contribution in [0, 0.1) is 12.4 Å². The van der Waals surface area contributed by atoms with Gasteiger partial charge >= 0.3 is 5.97 Å². The van der Waals surface area contributed by atoms with E-state index < -0.39 is 11.8 Å². The molecule has 0 unspecified atom stereocenters. The highest BCUT2D eigenvalue weighted by atomic mass is 35.5. The summed E-state index contributed by atoms with van der Waals surface area (Å²) in [6.45, 7) is 10.9. The van der Waals surface area contributed by atoms with E-state index in [1.807, 2.05) is 6.92 Å². The maximum Gasteiger partial charge on any atom is 0.310 e. The summed E-state index contributed by atoms with van der Waals surface area (Å²) in [5, 5.41) is 0.324. The Morgan fingerprint density at radius 2 is 1.96 bits per heavy atom. The molecule has 0 spiro atoms. The van der Waals surface area contributed by atoms with Crippen molar-refractivity contribution in [1.29, 1.82) is 0 Å². The van der Waals surface area contributed by atoms with Crippen molar-refractivity contribution in [3.63, 3.8) is 0 Å². The van der Waals surface area contributed by atoms with Gasteiger partial charge in [-0.25, -0.2) is 9.24 Å². The number of esters is 1. The first-order valence-electron chi connectivity index (χ1n) is 7.80. The number of halogens is 2. The molecule has 130 valence electrons. The number of nitrogens with zero attached hydrogens (tertiary/aromatic N) is 1. The summed E-state index contributed by atoms with van der Waals surface area (Å²) in [4.78, 5) is 14.9. The fraction of sp³-hybridized carbons (Fsp3) is 0.263. The number of benzene rings is 2. The maximum absolute atomic E-state index is 14.9. The van der Waals surface area contributed by atoms with E-state index in [9.17, 15) is 9.18 Å².